The number of carboxylic acids is 1. The highest BCUT2D eigenvalue weighted by atomic mass is 32.1. The third-order valence-corrected chi connectivity index (χ3v) is 5.70. The van der Waals surface area contributed by atoms with Crippen molar-refractivity contribution in [2.75, 3.05) is 0 Å². The summed E-state index contributed by atoms with van der Waals surface area (Å²) in [7, 11) is 0. The van der Waals surface area contributed by atoms with Gasteiger partial charge in [0.15, 0.2) is 0 Å². The molecular weight excluding hydrogens is 272 g/mol. The minimum atomic E-state index is -0.634. The molecular formula is C15H16N2O2S. The highest BCUT2D eigenvalue weighted by Crippen LogP contribution is 2.49. The Kier molecular flexibility index (Phi) is 2.70. The van der Waals surface area contributed by atoms with Gasteiger partial charge in [0.25, 0.3) is 0 Å². The Morgan fingerprint density at radius 3 is 3.20 bits per heavy atom. The van der Waals surface area contributed by atoms with E-state index in [0.717, 1.165) is 25.7 Å². The lowest BCUT2D eigenvalue weighted by molar-refractivity contribution is -0.143. The number of aromatic nitrogens is 2. The second kappa shape index (κ2) is 4.45. The van der Waals surface area contributed by atoms with Gasteiger partial charge >= 0.3 is 5.97 Å². The quantitative estimate of drug-likeness (QED) is 0.921. The van der Waals surface area contributed by atoms with E-state index in [1.165, 1.54) is 16.1 Å². The van der Waals surface area contributed by atoms with E-state index in [1.807, 2.05) is 12.5 Å². The van der Waals surface area contributed by atoms with Crippen LogP contribution >= 0.6 is 11.3 Å². The number of carbonyl (C=O) groups is 1. The normalized spacial score (nSPS) is 28.1. The fraction of sp³-hybridized carbons (Fsp3) is 0.467. The lowest BCUT2D eigenvalue weighted by Gasteiger charge is -2.31. The van der Waals surface area contributed by atoms with Crippen LogP contribution in [-0.4, -0.2) is 20.6 Å². The zero-order valence-corrected chi connectivity index (χ0v) is 11.8. The monoisotopic (exact) mass is 288 g/mol. The summed E-state index contributed by atoms with van der Waals surface area (Å²) in [5, 5.41) is 11.4. The number of fused-ring (bicyclic) bond motifs is 3. The maximum Gasteiger partial charge on any atom is 0.306 e. The fourth-order valence-electron chi connectivity index (χ4n) is 3.80. The fourth-order valence-corrected chi connectivity index (χ4v) is 4.90. The van der Waals surface area contributed by atoms with Crippen molar-refractivity contribution in [3.05, 3.63) is 28.8 Å². The first-order valence-corrected chi connectivity index (χ1v) is 7.96. The van der Waals surface area contributed by atoms with Gasteiger partial charge in [-0.25, -0.2) is 4.98 Å². The van der Waals surface area contributed by atoms with E-state index >= 15 is 0 Å². The standard InChI is InChI=1S/C15H16N2O2S/c18-15(19)10-3-1-2-9(6-10)13-14-11(4-5-20-14)12-7-16-8-17(12)13/h4-5,7-10,13H,1-3,6H2,(H,18,19)/t9-,10+,13-/m0/s1. The molecule has 20 heavy (non-hydrogen) atoms. The Bertz CT molecular complexity index is 620. The molecule has 3 heterocycles. The average molecular weight is 288 g/mol. The summed E-state index contributed by atoms with van der Waals surface area (Å²) < 4.78 is 2.25. The Morgan fingerprint density at radius 1 is 1.45 bits per heavy atom. The van der Waals surface area contributed by atoms with Crippen LogP contribution in [0.25, 0.3) is 11.3 Å². The predicted octanol–water partition coefficient (Wildman–Crippen LogP) is 3.41. The molecule has 0 radical (unpaired) electrons. The molecule has 0 saturated heterocycles. The Balaban J connectivity index is 1.71. The molecule has 2 aromatic heterocycles. The minimum absolute atomic E-state index is 0.176. The van der Waals surface area contributed by atoms with Crippen molar-refractivity contribution >= 4 is 17.3 Å². The van der Waals surface area contributed by atoms with E-state index in [1.54, 1.807) is 11.3 Å². The molecule has 104 valence electrons. The zero-order valence-electron chi connectivity index (χ0n) is 11.0. The van der Waals surface area contributed by atoms with Crippen LogP contribution in [0.2, 0.25) is 0 Å². The summed E-state index contributed by atoms with van der Waals surface area (Å²) in [6.07, 6.45) is 7.56. The van der Waals surface area contributed by atoms with E-state index in [0.29, 0.717) is 12.0 Å². The van der Waals surface area contributed by atoms with Gasteiger partial charge in [0.2, 0.25) is 0 Å². The van der Waals surface area contributed by atoms with Crippen molar-refractivity contribution in [3.8, 4) is 11.3 Å². The molecule has 0 unspecified atom stereocenters. The summed E-state index contributed by atoms with van der Waals surface area (Å²) in [4.78, 5) is 16.9. The van der Waals surface area contributed by atoms with Gasteiger partial charge in [-0.2, -0.15) is 0 Å². The Hall–Kier alpha value is -1.62. The second-order valence-corrected chi connectivity index (χ2v) is 6.74. The minimum Gasteiger partial charge on any atom is -0.481 e. The maximum atomic E-state index is 11.3. The molecule has 2 aromatic rings. The summed E-state index contributed by atoms with van der Waals surface area (Å²) in [6.45, 7) is 0. The number of rotatable bonds is 2. The highest BCUT2D eigenvalue weighted by Gasteiger charge is 2.39. The van der Waals surface area contributed by atoms with Crippen molar-refractivity contribution in [3.63, 3.8) is 0 Å². The third kappa shape index (κ3) is 1.66. The molecule has 0 bridgehead atoms. The molecule has 1 fully saturated rings. The topological polar surface area (TPSA) is 55.1 Å². The van der Waals surface area contributed by atoms with Crippen LogP contribution in [-0.2, 0) is 4.79 Å². The third-order valence-electron chi connectivity index (χ3n) is 4.72. The van der Waals surface area contributed by atoms with Crippen molar-refractivity contribution in [1.82, 2.24) is 9.55 Å². The van der Waals surface area contributed by atoms with Gasteiger partial charge in [-0.15, -0.1) is 11.3 Å². The first kappa shape index (κ1) is 12.1. The van der Waals surface area contributed by atoms with Crippen LogP contribution in [0.1, 0.15) is 36.6 Å². The molecule has 0 spiro atoms. The largest absolute Gasteiger partial charge is 0.481 e. The van der Waals surface area contributed by atoms with Crippen LogP contribution in [0.5, 0.6) is 0 Å². The lowest BCUT2D eigenvalue weighted by Crippen LogP contribution is -2.27. The molecule has 3 atom stereocenters. The van der Waals surface area contributed by atoms with Crippen LogP contribution in [0, 0.1) is 11.8 Å². The SMILES string of the molecule is O=C(O)[C@@H]1CCC[C@H]([C@H]2c3sccc3-c3cncn32)C1. The predicted molar refractivity (Wildman–Crippen MR) is 76.8 cm³/mol. The summed E-state index contributed by atoms with van der Waals surface area (Å²) in [6, 6.07) is 2.45. The van der Waals surface area contributed by atoms with Gasteiger partial charge in [-0.05, 0) is 36.6 Å². The molecule has 2 aliphatic rings. The van der Waals surface area contributed by atoms with Gasteiger partial charge in [0.1, 0.15) is 0 Å². The smallest absolute Gasteiger partial charge is 0.306 e. The highest BCUT2D eigenvalue weighted by molar-refractivity contribution is 7.10. The Labute approximate surface area is 121 Å². The van der Waals surface area contributed by atoms with Crippen molar-refractivity contribution in [1.29, 1.82) is 0 Å². The molecule has 1 aliphatic carbocycles. The van der Waals surface area contributed by atoms with Crippen molar-refractivity contribution < 1.29 is 9.90 Å². The molecule has 4 rings (SSSR count). The molecule has 0 amide bonds. The van der Waals surface area contributed by atoms with E-state index < -0.39 is 5.97 Å². The van der Waals surface area contributed by atoms with Crippen LogP contribution < -0.4 is 0 Å². The summed E-state index contributed by atoms with van der Waals surface area (Å²) in [5.41, 5.74) is 2.47. The van der Waals surface area contributed by atoms with Crippen LogP contribution in [0.4, 0.5) is 0 Å². The molecule has 5 heteroatoms. The summed E-state index contributed by atoms with van der Waals surface area (Å²) in [5.74, 6) is -0.396. The number of thiophene rings is 1. The lowest BCUT2D eigenvalue weighted by atomic mass is 9.77. The van der Waals surface area contributed by atoms with Crippen molar-refractivity contribution in [2.24, 2.45) is 11.8 Å². The zero-order chi connectivity index (χ0) is 13.7. The average Bonchev–Trinajstić information content (AvgIpc) is 3.10. The second-order valence-electron chi connectivity index (χ2n) is 5.79. The van der Waals surface area contributed by atoms with Crippen molar-refractivity contribution in [2.45, 2.75) is 31.7 Å². The van der Waals surface area contributed by atoms with E-state index in [2.05, 4.69) is 21.0 Å². The maximum absolute atomic E-state index is 11.3. The number of hydrogen-bond acceptors (Lipinski definition) is 3. The van der Waals surface area contributed by atoms with E-state index in [4.69, 9.17) is 0 Å². The van der Waals surface area contributed by atoms with E-state index in [9.17, 15) is 9.90 Å². The molecule has 1 N–H and O–H groups in total. The molecule has 0 aromatic carbocycles. The van der Waals surface area contributed by atoms with Crippen LogP contribution in [0.15, 0.2) is 24.0 Å². The first-order chi connectivity index (χ1) is 9.75. The number of hydrogen-bond donors (Lipinski definition) is 1. The van der Waals surface area contributed by atoms with Gasteiger partial charge in [0, 0.05) is 10.4 Å². The number of nitrogens with zero attached hydrogens (tertiary/aromatic N) is 2. The summed E-state index contributed by atoms with van der Waals surface area (Å²) >= 11 is 1.79. The van der Waals surface area contributed by atoms with Gasteiger partial charge in [0.05, 0.1) is 30.2 Å². The number of imidazole rings is 1. The Morgan fingerprint density at radius 2 is 2.35 bits per heavy atom. The molecule has 4 nitrogen and oxygen atoms in total. The molecule has 1 aliphatic heterocycles. The van der Waals surface area contributed by atoms with Crippen LogP contribution in [0.3, 0.4) is 0 Å². The first-order valence-electron chi connectivity index (χ1n) is 7.08. The van der Waals surface area contributed by atoms with Gasteiger partial charge in [-0.1, -0.05) is 6.42 Å². The van der Waals surface area contributed by atoms with Gasteiger partial charge < -0.3 is 9.67 Å². The molecule has 1 saturated carbocycles. The number of carboxylic acid groups (broad SMARTS) is 1. The van der Waals surface area contributed by atoms with Gasteiger partial charge in [-0.3, -0.25) is 4.79 Å². The number of aliphatic carboxylic acids is 1. The van der Waals surface area contributed by atoms with E-state index in [-0.39, 0.29) is 5.92 Å².